The van der Waals surface area contributed by atoms with Crippen LogP contribution in [0.15, 0.2) is 47.8 Å². The van der Waals surface area contributed by atoms with Crippen molar-refractivity contribution < 1.29 is 5.11 Å². The highest BCUT2D eigenvalue weighted by atomic mass is 32.1. The second kappa shape index (κ2) is 4.52. The summed E-state index contributed by atoms with van der Waals surface area (Å²) in [6, 6.07) is 14.1. The van der Waals surface area contributed by atoms with Crippen LogP contribution in [0, 0.1) is 6.92 Å². The number of rotatable bonds is 2. The van der Waals surface area contributed by atoms with Gasteiger partial charge in [-0.1, -0.05) is 42.5 Å². The van der Waals surface area contributed by atoms with E-state index in [0.717, 1.165) is 27.0 Å². The Morgan fingerprint density at radius 2 is 1.89 bits per heavy atom. The van der Waals surface area contributed by atoms with Crippen molar-refractivity contribution in [3.05, 3.63) is 64.1 Å². The van der Waals surface area contributed by atoms with Crippen molar-refractivity contribution in [1.29, 1.82) is 0 Å². The van der Waals surface area contributed by atoms with Crippen LogP contribution in [0.4, 0.5) is 0 Å². The molecule has 1 unspecified atom stereocenters. The third-order valence-electron chi connectivity index (χ3n) is 3.03. The Balaban J connectivity index is 2.14. The monoisotopic (exact) mass is 255 g/mol. The first-order valence-electron chi connectivity index (χ1n) is 5.83. The Hall–Kier alpha value is -1.71. The highest BCUT2D eigenvalue weighted by Gasteiger charge is 2.15. The van der Waals surface area contributed by atoms with Gasteiger partial charge in [0.2, 0.25) is 0 Å². The molecule has 0 aliphatic carbocycles. The van der Waals surface area contributed by atoms with E-state index in [1.165, 1.54) is 0 Å². The molecule has 0 amide bonds. The molecule has 1 atom stereocenters. The van der Waals surface area contributed by atoms with E-state index in [1.54, 1.807) is 11.3 Å². The van der Waals surface area contributed by atoms with Gasteiger partial charge in [-0.15, -0.1) is 11.3 Å². The summed E-state index contributed by atoms with van der Waals surface area (Å²) in [6.45, 7) is 1.95. The van der Waals surface area contributed by atoms with Crippen molar-refractivity contribution >= 4 is 22.1 Å². The average Bonchev–Trinajstić information content (AvgIpc) is 2.84. The van der Waals surface area contributed by atoms with Gasteiger partial charge in [0.25, 0.3) is 0 Å². The maximum atomic E-state index is 10.4. The first kappa shape index (κ1) is 11.4. The molecule has 0 radical (unpaired) electrons. The highest BCUT2D eigenvalue weighted by molar-refractivity contribution is 7.09. The lowest BCUT2D eigenvalue weighted by Crippen LogP contribution is -2.00. The van der Waals surface area contributed by atoms with Crippen LogP contribution < -0.4 is 0 Å². The number of aromatic nitrogens is 1. The lowest BCUT2D eigenvalue weighted by Gasteiger charge is -2.11. The lowest BCUT2D eigenvalue weighted by molar-refractivity contribution is 0.217. The number of thiazole rings is 1. The minimum atomic E-state index is -0.652. The molecule has 0 spiro atoms. The zero-order valence-electron chi connectivity index (χ0n) is 10.00. The standard InChI is InChI=1S/C15H13NOS/c1-10-16-14(9-18-10)15(17)13-8-4-6-11-5-2-3-7-12(11)13/h2-9,15,17H,1H3. The molecule has 0 aliphatic heterocycles. The van der Waals surface area contributed by atoms with E-state index in [-0.39, 0.29) is 0 Å². The van der Waals surface area contributed by atoms with Crippen LogP contribution >= 0.6 is 11.3 Å². The first-order chi connectivity index (χ1) is 8.75. The van der Waals surface area contributed by atoms with Gasteiger partial charge in [0.15, 0.2) is 0 Å². The van der Waals surface area contributed by atoms with Gasteiger partial charge in [-0.2, -0.15) is 0 Å². The lowest BCUT2D eigenvalue weighted by atomic mass is 9.99. The number of nitrogens with zero attached hydrogens (tertiary/aromatic N) is 1. The fraction of sp³-hybridized carbons (Fsp3) is 0.133. The van der Waals surface area contributed by atoms with Crippen LogP contribution in [0.1, 0.15) is 22.4 Å². The number of fused-ring (bicyclic) bond motifs is 1. The number of hydrogen-bond donors (Lipinski definition) is 1. The van der Waals surface area contributed by atoms with Crippen molar-refractivity contribution in [1.82, 2.24) is 4.98 Å². The van der Waals surface area contributed by atoms with Crippen molar-refractivity contribution in [2.45, 2.75) is 13.0 Å². The van der Waals surface area contributed by atoms with E-state index in [9.17, 15) is 5.11 Å². The van der Waals surface area contributed by atoms with Gasteiger partial charge in [0, 0.05) is 5.38 Å². The molecule has 0 fully saturated rings. The molecular weight excluding hydrogens is 242 g/mol. The molecular formula is C15H13NOS. The molecule has 1 N–H and O–H groups in total. The molecule has 0 bridgehead atoms. The van der Waals surface area contributed by atoms with Crippen LogP contribution in [0.25, 0.3) is 10.8 Å². The smallest absolute Gasteiger partial charge is 0.122 e. The normalized spacial score (nSPS) is 12.8. The topological polar surface area (TPSA) is 33.1 Å². The van der Waals surface area contributed by atoms with Crippen LogP contribution in [0.3, 0.4) is 0 Å². The predicted molar refractivity (Wildman–Crippen MR) is 74.9 cm³/mol. The summed E-state index contributed by atoms with van der Waals surface area (Å²) in [7, 11) is 0. The number of hydrogen-bond acceptors (Lipinski definition) is 3. The third-order valence-corrected chi connectivity index (χ3v) is 3.83. The van der Waals surface area contributed by atoms with E-state index >= 15 is 0 Å². The number of aliphatic hydroxyl groups is 1. The van der Waals surface area contributed by atoms with Crippen molar-refractivity contribution in [3.8, 4) is 0 Å². The molecule has 0 saturated carbocycles. The van der Waals surface area contributed by atoms with E-state index < -0.39 is 6.10 Å². The first-order valence-corrected chi connectivity index (χ1v) is 6.71. The number of aliphatic hydroxyl groups excluding tert-OH is 1. The summed E-state index contributed by atoms with van der Waals surface area (Å²) in [5.41, 5.74) is 1.65. The van der Waals surface area contributed by atoms with Crippen LogP contribution in [0.5, 0.6) is 0 Å². The molecule has 1 heterocycles. The van der Waals surface area contributed by atoms with Gasteiger partial charge >= 0.3 is 0 Å². The fourth-order valence-corrected chi connectivity index (χ4v) is 2.78. The van der Waals surface area contributed by atoms with E-state index in [1.807, 2.05) is 42.6 Å². The zero-order valence-corrected chi connectivity index (χ0v) is 10.8. The molecule has 3 rings (SSSR count). The minimum absolute atomic E-state index is 0.652. The zero-order chi connectivity index (χ0) is 12.5. The van der Waals surface area contributed by atoms with Gasteiger partial charge in [0.1, 0.15) is 6.10 Å². The molecule has 90 valence electrons. The maximum absolute atomic E-state index is 10.4. The summed E-state index contributed by atoms with van der Waals surface area (Å²) in [5.74, 6) is 0. The summed E-state index contributed by atoms with van der Waals surface area (Å²) in [5, 5.41) is 15.6. The van der Waals surface area contributed by atoms with Crippen molar-refractivity contribution in [3.63, 3.8) is 0 Å². The molecule has 3 heteroatoms. The fourth-order valence-electron chi connectivity index (χ4n) is 2.15. The van der Waals surface area contributed by atoms with Gasteiger partial charge in [0.05, 0.1) is 10.7 Å². The predicted octanol–water partition coefficient (Wildman–Crippen LogP) is 3.69. The molecule has 0 aliphatic rings. The summed E-state index contributed by atoms with van der Waals surface area (Å²) in [6.07, 6.45) is -0.652. The van der Waals surface area contributed by atoms with Gasteiger partial charge in [-0.25, -0.2) is 4.98 Å². The maximum Gasteiger partial charge on any atom is 0.122 e. The van der Waals surface area contributed by atoms with E-state index in [0.29, 0.717) is 0 Å². The van der Waals surface area contributed by atoms with E-state index in [4.69, 9.17) is 0 Å². The summed E-state index contributed by atoms with van der Waals surface area (Å²) < 4.78 is 0. The average molecular weight is 255 g/mol. The van der Waals surface area contributed by atoms with Gasteiger partial charge in [-0.05, 0) is 23.3 Å². The molecule has 2 aromatic carbocycles. The largest absolute Gasteiger partial charge is 0.382 e. The molecule has 18 heavy (non-hydrogen) atoms. The third kappa shape index (κ3) is 1.92. The highest BCUT2D eigenvalue weighted by Crippen LogP contribution is 2.29. The molecule has 0 saturated heterocycles. The molecule has 1 aromatic heterocycles. The Morgan fingerprint density at radius 1 is 1.11 bits per heavy atom. The number of benzene rings is 2. The minimum Gasteiger partial charge on any atom is -0.382 e. The van der Waals surface area contributed by atoms with Crippen molar-refractivity contribution in [2.24, 2.45) is 0 Å². The quantitative estimate of drug-likeness (QED) is 0.757. The second-order valence-corrected chi connectivity index (χ2v) is 5.32. The van der Waals surface area contributed by atoms with Gasteiger partial charge < -0.3 is 5.11 Å². The molecule has 2 nitrogen and oxygen atoms in total. The second-order valence-electron chi connectivity index (χ2n) is 4.26. The van der Waals surface area contributed by atoms with Crippen LogP contribution in [-0.2, 0) is 0 Å². The van der Waals surface area contributed by atoms with Crippen LogP contribution in [-0.4, -0.2) is 10.1 Å². The van der Waals surface area contributed by atoms with E-state index in [2.05, 4.69) is 17.1 Å². The molecule has 3 aromatic rings. The Bertz CT molecular complexity index is 684. The van der Waals surface area contributed by atoms with Crippen LogP contribution in [0.2, 0.25) is 0 Å². The SMILES string of the molecule is Cc1nc(C(O)c2cccc3ccccc23)cs1. The Labute approximate surface area is 110 Å². The summed E-state index contributed by atoms with van der Waals surface area (Å²) >= 11 is 1.56. The van der Waals surface area contributed by atoms with Gasteiger partial charge in [-0.3, -0.25) is 0 Å². The Morgan fingerprint density at radius 3 is 2.67 bits per heavy atom. The Kier molecular flexibility index (Phi) is 2.86. The van der Waals surface area contributed by atoms with Crippen molar-refractivity contribution in [2.75, 3.05) is 0 Å². The number of aryl methyl sites for hydroxylation is 1. The summed E-state index contributed by atoms with van der Waals surface area (Å²) in [4.78, 5) is 4.36.